The summed E-state index contributed by atoms with van der Waals surface area (Å²) < 4.78 is 35.0. The van der Waals surface area contributed by atoms with Gasteiger partial charge in [-0.15, -0.1) is 0 Å². The van der Waals surface area contributed by atoms with Crippen LogP contribution in [-0.2, 0) is 0 Å². The highest BCUT2D eigenvalue weighted by Crippen LogP contribution is 2.22. The zero-order valence-corrected chi connectivity index (χ0v) is 8.07. The first-order valence-corrected chi connectivity index (χ1v) is 3.79. The summed E-state index contributed by atoms with van der Waals surface area (Å²) >= 11 is 0. The Morgan fingerprint density at radius 3 is 1.85 bits per heavy atom. The predicted octanol–water partition coefficient (Wildman–Crippen LogP) is 3.74. The lowest BCUT2D eigenvalue weighted by Crippen LogP contribution is -2.11. The van der Waals surface area contributed by atoms with E-state index in [2.05, 4.69) is 18.2 Å². The first-order valence-electron chi connectivity index (χ1n) is 3.79. The van der Waals surface area contributed by atoms with E-state index in [1.54, 1.807) is 0 Å². The second kappa shape index (κ2) is 6.46. The van der Waals surface area contributed by atoms with Crippen molar-refractivity contribution in [2.24, 2.45) is 4.99 Å². The van der Waals surface area contributed by atoms with Gasteiger partial charge in [0, 0.05) is 11.9 Å². The Labute approximate surface area is 76.7 Å². The van der Waals surface area contributed by atoms with Crippen molar-refractivity contribution in [3.05, 3.63) is 24.4 Å². The van der Waals surface area contributed by atoms with Gasteiger partial charge in [-0.25, -0.2) is 0 Å². The average molecular weight is 193 g/mol. The van der Waals surface area contributed by atoms with Gasteiger partial charge in [0.25, 0.3) is 0 Å². The van der Waals surface area contributed by atoms with E-state index in [1.165, 1.54) is 6.92 Å². The van der Waals surface area contributed by atoms with E-state index in [-0.39, 0.29) is 0 Å². The first kappa shape index (κ1) is 14.5. The van der Waals surface area contributed by atoms with Crippen LogP contribution in [0.2, 0.25) is 0 Å². The molecular formula is C9H14F3N. The molecule has 0 bridgehead atoms. The molecule has 0 fully saturated rings. The maximum atomic E-state index is 11.7. The fraction of sp³-hybridized carbons (Fsp3) is 0.444. The molecule has 0 aliphatic heterocycles. The lowest BCUT2D eigenvalue weighted by molar-refractivity contribution is -0.0852. The van der Waals surface area contributed by atoms with Crippen molar-refractivity contribution in [2.75, 3.05) is 0 Å². The molecule has 0 N–H and O–H groups in total. The highest BCUT2D eigenvalue weighted by atomic mass is 19.4. The molecule has 0 aromatic heterocycles. The summed E-state index contributed by atoms with van der Waals surface area (Å²) in [5.74, 6) is 0. The second-order valence-corrected chi connectivity index (χ2v) is 2.02. The van der Waals surface area contributed by atoms with E-state index in [9.17, 15) is 13.2 Å². The second-order valence-electron chi connectivity index (χ2n) is 2.02. The van der Waals surface area contributed by atoms with Crippen LogP contribution in [0.1, 0.15) is 20.8 Å². The average Bonchev–Trinajstić information content (AvgIpc) is 2.02. The standard InChI is InChI=1S/C7H8F3N.C2H6/c1-5(2)11-4-6(3)7(8,9)10;1-2/h4H,1,3H2,2H3;1-2H3. The van der Waals surface area contributed by atoms with Crippen molar-refractivity contribution in [3.8, 4) is 0 Å². The van der Waals surface area contributed by atoms with Crippen LogP contribution in [0.15, 0.2) is 29.4 Å². The van der Waals surface area contributed by atoms with E-state index in [0.29, 0.717) is 11.9 Å². The third-order valence-corrected chi connectivity index (χ3v) is 0.805. The Morgan fingerprint density at radius 1 is 1.23 bits per heavy atom. The Balaban J connectivity index is 0. The summed E-state index contributed by atoms with van der Waals surface area (Å²) in [7, 11) is 0. The van der Waals surface area contributed by atoms with Crippen LogP contribution >= 0.6 is 0 Å². The SMILES string of the molecule is C=C(C)N=CC(=C)C(F)(F)F.CC. The third kappa shape index (κ3) is 8.85. The van der Waals surface area contributed by atoms with Crippen molar-refractivity contribution in [1.29, 1.82) is 0 Å². The van der Waals surface area contributed by atoms with Crippen molar-refractivity contribution in [3.63, 3.8) is 0 Å². The van der Waals surface area contributed by atoms with Crippen molar-refractivity contribution in [1.82, 2.24) is 0 Å². The number of allylic oxidation sites excluding steroid dienone is 2. The highest BCUT2D eigenvalue weighted by Gasteiger charge is 2.30. The van der Waals surface area contributed by atoms with Gasteiger partial charge < -0.3 is 0 Å². The summed E-state index contributed by atoms with van der Waals surface area (Å²) in [4.78, 5) is 3.35. The molecule has 4 heteroatoms. The molecule has 0 atom stereocenters. The maximum Gasteiger partial charge on any atom is 0.417 e. The summed E-state index contributed by atoms with van der Waals surface area (Å²) in [6.45, 7) is 11.6. The summed E-state index contributed by atoms with van der Waals surface area (Å²) in [5, 5.41) is 0. The number of aliphatic imine (C=N–C) groups is 1. The zero-order valence-electron chi connectivity index (χ0n) is 8.07. The van der Waals surface area contributed by atoms with Gasteiger partial charge in [-0.1, -0.05) is 27.0 Å². The highest BCUT2D eigenvalue weighted by molar-refractivity contribution is 5.79. The van der Waals surface area contributed by atoms with Crippen molar-refractivity contribution in [2.45, 2.75) is 26.9 Å². The van der Waals surface area contributed by atoms with Crippen LogP contribution < -0.4 is 0 Å². The number of rotatable bonds is 2. The fourth-order valence-electron chi connectivity index (χ4n) is 0.261. The van der Waals surface area contributed by atoms with Crippen molar-refractivity contribution >= 4 is 6.21 Å². The third-order valence-electron chi connectivity index (χ3n) is 0.805. The molecule has 0 rings (SSSR count). The summed E-state index contributed by atoms with van der Waals surface area (Å²) in [6.07, 6.45) is -3.73. The fourth-order valence-corrected chi connectivity index (χ4v) is 0.261. The van der Waals surface area contributed by atoms with Crippen LogP contribution in [0, 0.1) is 0 Å². The van der Waals surface area contributed by atoms with Gasteiger partial charge in [-0.05, 0) is 6.92 Å². The topological polar surface area (TPSA) is 12.4 Å². The minimum absolute atomic E-state index is 0.315. The molecule has 0 aromatic carbocycles. The van der Waals surface area contributed by atoms with Crippen LogP contribution in [0.5, 0.6) is 0 Å². The molecule has 0 heterocycles. The van der Waals surface area contributed by atoms with E-state index >= 15 is 0 Å². The van der Waals surface area contributed by atoms with Gasteiger partial charge in [0.15, 0.2) is 0 Å². The van der Waals surface area contributed by atoms with Gasteiger partial charge in [0.2, 0.25) is 0 Å². The van der Waals surface area contributed by atoms with Gasteiger partial charge in [-0.3, -0.25) is 4.99 Å². The smallest absolute Gasteiger partial charge is 0.262 e. The number of hydrogen-bond acceptors (Lipinski definition) is 1. The van der Waals surface area contributed by atoms with Crippen LogP contribution in [0.3, 0.4) is 0 Å². The molecule has 0 spiro atoms. The van der Waals surface area contributed by atoms with Crippen molar-refractivity contribution < 1.29 is 13.2 Å². The minimum atomic E-state index is -4.39. The zero-order chi connectivity index (χ0) is 11.1. The molecular weight excluding hydrogens is 179 g/mol. The van der Waals surface area contributed by atoms with E-state index in [4.69, 9.17) is 0 Å². The molecule has 0 amide bonds. The predicted molar refractivity (Wildman–Crippen MR) is 49.8 cm³/mol. The number of nitrogens with zero attached hydrogens (tertiary/aromatic N) is 1. The van der Waals surface area contributed by atoms with E-state index in [0.717, 1.165) is 0 Å². The van der Waals surface area contributed by atoms with Crippen LogP contribution in [0.4, 0.5) is 13.2 Å². The molecule has 0 unspecified atom stereocenters. The van der Waals surface area contributed by atoms with Crippen LogP contribution in [0.25, 0.3) is 0 Å². The lowest BCUT2D eigenvalue weighted by atomic mass is 10.3. The number of halogens is 3. The largest absolute Gasteiger partial charge is 0.417 e. The summed E-state index contributed by atoms with van der Waals surface area (Å²) in [6, 6.07) is 0. The van der Waals surface area contributed by atoms with Gasteiger partial charge in [-0.2, -0.15) is 13.2 Å². The molecule has 0 radical (unpaired) electrons. The quantitative estimate of drug-likeness (QED) is 0.592. The Hall–Kier alpha value is -1.06. The lowest BCUT2D eigenvalue weighted by Gasteiger charge is -2.03. The van der Waals surface area contributed by atoms with E-state index in [1.807, 2.05) is 13.8 Å². The van der Waals surface area contributed by atoms with Gasteiger partial charge in [0.05, 0.1) is 5.57 Å². The molecule has 1 nitrogen and oxygen atoms in total. The number of alkyl halides is 3. The molecule has 0 aliphatic carbocycles. The molecule has 76 valence electrons. The number of hydrogen-bond donors (Lipinski definition) is 0. The first-order chi connectivity index (χ1) is 5.84. The molecule has 0 saturated carbocycles. The van der Waals surface area contributed by atoms with Gasteiger partial charge in [0.1, 0.15) is 0 Å². The Morgan fingerprint density at radius 2 is 1.62 bits per heavy atom. The molecule has 0 aliphatic rings. The Kier molecular flexibility index (Phi) is 7.18. The minimum Gasteiger partial charge on any atom is -0.262 e. The van der Waals surface area contributed by atoms with Gasteiger partial charge >= 0.3 is 6.18 Å². The molecule has 0 saturated heterocycles. The molecule has 13 heavy (non-hydrogen) atoms. The molecule has 0 aromatic rings. The normalized spacial score (nSPS) is 10.6. The summed E-state index contributed by atoms with van der Waals surface area (Å²) in [5.41, 5.74) is -0.657. The van der Waals surface area contributed by atoms with E-state index < -0.39 is 11.7 Å². The Bertz CT molecular complexity index is 201. The monoisotopic (exact) mass is 193 g/mol. The van der Waals surface area contributed by atoms with Crippen LogP contribution in [-0.4, -0.2) is 12.4 Å². The maximum absolute atomic E-state index is 11.7.